The number of ether oxygens (including phenoxy) is 2. The van der Waals surface area contributed by atoms with Crippen LogP contribution in [-0.2, 0) is 17.8 Å². The molecule has 5 nitrogen and oxygen atoms in total. The maximum absolute atomic E-state index is 12.8. The highest BCUT2D eigenvalue weighted by Gasteiger charge is 2.26. The Morgan fingerprint density at radius 1 is 1.36 bits per heavy atom. The fourth-order valence-electron chi connectivity index (χ4n) is 3.46. The van der Waals surface area contributed by atoms with Crippen LogP contribution in [0, 0.1) is 0 Å². The average molecular weight is 338 g/mol. The largest absolute Gasteiger partial charge is 0.493 e. The number of nitrogens with zero attached hydrogens (tertiary/aromatic N) is 2. The van der Waals surface area contributed by atoms with Gasteiger partial charge in [-0.1, -0.05) is 6.07 Å². The number of rotatable bonds is 4. The van der Waals surface area contributed by atoms with Crippen LogP contribution in [0.2, 0.25) is 0 Å². The van der Waals surface area contributed by atoms with Crippen molar-refractivity contribution in [1.29, 1.82) is 0 Å². The van der Waals surface area contributed by atoms with Gasteiger partial charge in [-0.2, -0.15) is 0 Å². The van der Waals surface area contributed by atoms with Gasteiger partial charge in [0.1, 0.15) is 5.75 Å². The SMILES string of the molecule is O=C(c1ccc2c(c1)CCO2)N1CCC[C@@H](OCc2cccnc2)C1. The average Bonchev–Trinajstić information content (AvgIpc) is 3.14. The first-order valence-corrected chi connectivity index (χ1v) is 8.85. The van der Waals surface area contributed by atoms with Gasteiger partial charge in [0.15, 0.2) is 0 Å². The molecule has 1 aromatic carbocycles. The normalized spacial score (nSPS) is 19.4. The second kappa shape index (κ2) is 7.23. The topological polar surface area (TPSA) is 51.7 Å². The fourth-order valence-corrected chi connectivity index (χ4v) is 3.46. The van der Waals surface area contributed by atoms with E-state index in [2.05, 4.69) is 4.98 Å². The van der Waals surface area contributed by atoms with Gasteiger partial charge in [0.2, 0.25) is 0 Å². The molecule has 4 rings (SSSR count). The highest BCUT2D eigenvalue weighted by Crippen LogP contribution is 2.27. The van der Waals surface area contributed by atoms with Crippen molar-refractivity contribution in [2.45, 2.75) is 32.0 Å². The number of hydrogen-bond acceptors (Lipinski definition) is 4. The van der Waals surface area contributed by atoms with E-state index in [1.165, 1.54) is 0 Å². The number of amides is 1. The van der Waals surface area contributed by atoms with Crippen LogP contribution < -0.4 is 4.74 Å². The molecule has 0 unspecified atom stereocenters. The monoisotopic (exact) mass is 338 g/mol. The van der Waals surface area contributed by atoms with Crippen LogP contribution in [0.3, 0.4) is 0 Å². The molecule has 2 aliphatic rings. The summed E-state index contributed by atoms with van der Waals surface area (Å²) in [4.78, 5) is 18.9. The first-order chi connectivity index (χ1) is 12.3. The van der Waals surface area contributed by atoms with Gasteiger partial charge in [-0.15, -0.1) is 0 Å². The number of fused-ring (bicyclic) bond motifs is 1. The second-order valence-electron chi connectivity index (χ2n) is 6.61. The summed E-state index contributed by atoms with van der Waals surface area (Å²) < 4.78 is 11.5. The van der Waals surface area contributed by atoms with E-state index in [9.17, 15) is 4.79 Å². The molecule has 0 radical (unpaired) electrons. The molecule has 0 spiro atoms. The minimum Gasteiger partial charge on any atom is -0.493 e. The summed E-state index contributed by atoms with van der Waals surface area (Å²) in [5.74, 6) is 0.997. The molecule has 0 N–H and O–H groups in total. The van der Waals surface area contributed by atoms with Crippen LogP contribution >= 0.6 is 0 Å². The van der Waals surface area contributed by atoms with Gasteiger partial charge >= 0.3 is 0 Å². The van der Waals surface area contributed by atoms with Crippen LogP contribution in [0.25, 0.3) is 0 Å². The van der Waals surface area contributed by atoms with Gasteiger partial charge in [0.05, 0.1) is 19.3 Å². The molecule has 1 amide bonds. The van der Waals surface area contributed by atoms with Gasteiger partial charge < -0.3 is 14.4 Å². The summed E-state index contributed by atoms with van der Waals surface area (Å²) in [6, 6.07) is 9.67. The standard InChI is InChI=1S/C20H22N2O3/c23-20(17-5-6-19-16(11-17)7-10-24-19)22-9-2-4-18(13-22)25-14-15-3-1-8-21-12-15/h1,3,5-6,8,11-12,18H,2,4,7,9-10,13-14H2/t18-/m1/s1. The second-order valence-corrected chi connectivity index (χ2v) is 6.61. The van der Waals surface area contributed by atoms with E-state index in [4.69, 9.17) is 9.47 Å². The summed E-state index contributed by atoms with van der Waals surface area (Å²) in [5.41, 5.74) is 2.94. The first kappa shape index (κ1) is 16.1. The van der Waals surface area contributed by atoms with Crippen LogP contribution in [0.5, 0.6) is 5.75 Å². The van der Waals surface area contributed by atoms with E-state index in [0.29, 0.717) is 19.8 Å². The van der Waals surface area contributed by atoms with Crippen LogP contribution in [-0.4, -0.2) is 41.6 Å². The smallest absolute Gasteiger partial charge is 0.253 e. The quantitative estimate of drug-likeness (QED) is 0.860. The third-order valence-corrected chi connectivity index (χ3v) is 4.81. The maximum Gasteiger partial charge on any atom is 0.253 e. The Morgan fingerprint density at radius 2 is 2.32 bits per heavy atom. The van der Waals surface area contributed by atoms with Gasteiger partial charge in [0, 0.05) is 37.5 Å². The third-order valence-electron chi connectivity index (χ3n) is 4.81. The number of pyridine rings is 1. The summed E-state index contributed by atoms with van der Waals surface area (Å²) in [6.07, 6.45) is 6.49. The molecule has 0 saturated carbocycles. The number of carbonyl (C=O) groups is 1. The van der Waals surface area contributed by atoms with Gasteiger partial charge in [-0.3, -0.25) is 9.78 Å². The molecular weight excluding hydrogens is 316 g/mol. The lowest BCUT2D eigenvalue weighted by Crippen LogP contribution is -2.43. The number of piperidine rings is 1. The van der Waals surface area contributed by atoms with E-state index in [1.54, 1.807) is 6.20 Å². The van der Waals surface area contributed by atoms with E-state index in [-0.39, 0.29) is 12.0 Å². The highest BCUT2D eigenvalue weighted by molar-refractivity contribution is 5.94. The third kappa shape index (κ3) is 3.66. The molecule has 130 valence electrons. The zero-order chi connectivity index (χ0) is 17.1. The van der Waals surface area contributed by atoms with Crippen molar-refractivity contribution in [2.75, 3.05) is 19.7 Å². The van der Waals surface area contributed by atoms with Crippen LogP contribution in [0.4, 0.5) is 0 Å². The van der Waals surface area contributed by atoms with Crippen molar-refractivity contribution in [3.05, 3.63) is 59.4 Å². The minimum absolute atomic E-state index is 0.0793. The van der Waals surface area contributed by atoms with Gasteiger partial charge in [0.25, 0.3) is 5.91 Å². The Labute approximate surface area is 147 Å². The van der Waals surface area contributed by atoms with Crippen molar-refractivity contribution in [3.63, 3.8) is 0 Å². The maximum atomic E-state index is 12.8. The predicted octanol–water partition coefficient (Wildman–Crippen LogP) is 2.84. The van der Waals surface area contributed by atoms with Crippen molar-refractivity contribution in [1.82, 2.24) is 9.88 Å². The molecular formula is C20H22N2O3. The van der Waals surface area contributed by atoms with Gasteiger partial charge in [-0.05, 0) is 48.2 Å². The molecule has 1 saturated heterocycles. The fraction of sp³-hybridized carbons (Fsp3) is 0.400. The summed E-state index contributed by atoms with van der Waals surface area (Å²) in [5, 5.41) is 0. The minimum atomic E-state index is 0.0793. The lowest BCUT2D eigenvalue weighted by atomic mass is 10.0. The Hall–Kier alpha value is -2.40. The van der Waals surface area contributed by atoms with E-state index < -0.39 is 0 Å². The number of hydrogen-bond donors (Lipinski definition) is 0. The molecule has 5 heteroatoms. The molecule has 2 aromatic rings. The van der Waals surface area contributed by atoms with Crippen LogP contribution in [0.15, 0.2) is 42.7 Å². The summed E-state index contributed by atoms with van der Waals surface area (Å²) in [7, 11) is 0. The van der Waals surface area contributed by atoms with Crippen molar-refractivity contribution in [3.8, 4) is 5.75 Å². The Morgan fingerprint density at radius 3 is 3.20 bits per heavy atom. The summed E-state index contributed by atoms with van der Waals surface area (Å²) in [6.45, 7) is 2.68. The van der Waals surface area contributed by atoms with Crippen molar-refractivity contribution >= 4 is 5.91 Å². The summed E-state index contributed by atoms with van der Waals surface area (Å²) >= 11 is 0. The molecule has 25 heavy (non-hydrogen) atoms. The van der Waals surface area contributed by atoms with Gasteiger partial charge in [-0.25, -0.2) is 0 Å². The Kier molecular flexibility index (Phi) is 4.65. The molecule has 0 bridgehead atoms. The zero-order valence-electron chi connectivity index (χ0n) is 14.2. The Balaban J connectivity index is 1.38. The molecule has 1 fully saturated rings. The molecule has 1 aromatic heterocycles. The number of benzene rings is 1. The van der Waals surface area contributed by atoms with Crippen molar-refractivity contribution in [2.24, 2.45) is 0 Å². The van der Waals surface area contributed by atoms with E-state index >= 15 is 0 Å². The van der Waals surface area contributed by atoms with E-state index in [0.717, 1.165) is 48.2 Å². The molecule has 2 aliphatic heterocycles. The molecule has 0 aliphatic carbocycles. The lowest BCUT2D eigenvalue weighted by Gasteiger charge is -2.32. The highest BCUT2D eigenvalue weighted by atomic mass is 16.5. The van der Waals surface area contributed by atoms with E-state index in [1.807, 2.05) is 41.4 Å². The lowest BCUT2D eigenvalue weighted by molar-refractivity contribution is -0.00681. The number of carbonyl (C=O) groups excluding carboxylic acids is 1. The van der Waals surface area contributed by atoms with Crippen molar-refractivity contribution < 1.29 is 14.3 Å². The number of aromatic nitrogens is 1. The van der Waals surface area contributed by atoms with Crippen LogP contribution in [0.1, 0.15) is 34.3 Å². The number of likely N-dealkylation sites (tertiary alicyclic amines) is 1. The Bertz CT molecular complexity index is 748. The first-order valence-electron chi connectivity index (χ1n) is 8.85. The molecule has 1 atom stereocenters. The molecule has 3 heterocycles. The predicted molar refractivity (Wildman–Crippen MR) is 93.6 cm³/mol. The zero-order valence-corrected chi connectivity index (χ0v) is 14.2.